The Morgan fingerprint density at radius 3 is 2.81 bits per heavy atom. The van der Waals surface area contributed by atoms with Gasteiger partial charge in [-0.15, -0.1) is 5.10 Å². The van der Waals surface area contributed by atoms with Gasteiger partial charge in [0, 0.05) is 20.1 Å². The second kappa shape index (κ2) is 5.83. The molecule has 0 aliphatic rings. The van der Waals surface area contributed by atoms with Crippen LogP contribution in [0.15, 0.2) is 63.1 Å². The Hall–Kier alpha value is -1.92. The van der Waals surface area contributed by atoms with Gasteiger partial charge in [0.15, 0.2) is 0 Å². The van der Waals surface area contributed by atoms with Gasteiger partial charge >= 0.3 is 5.97 Å². The number of aromatic carboxylic acids is 1. The zero-order valence-corrected chi connectivity index (χ0v) is 13.1. The van der Waals surface area contributed by atoms with E-state index in [1.54, 1.807) is 18.3 Å². The highest BCUT2D eigenvalue weighted by Crippen LogP contribution is 2.33. The number of nitrogens with zero attached hydrogens (tertiary/aromatic N) is 2. The van der Waals surface area contributed by atoms with Gasteiger partial charge in [-0.3, -0.25) is 0 Å². The Kier molecular flexibility index (Phi) is 3.90. The molecule has 6 heteroatoms. The lowest BCUT2D eigenvalue weighted by Crippen LogP contribution is -1.97. The number of carboxylic acid groups (broad SMARTS) is 1. The molecular weight excluding hydrogens is 352 g/mol. The first-order valence-electron chi connectivity index (χ1n) is 6.06. The number of halogens is 1. The number of benzene rings is 2. The molecule has 0 fully saturated rings. The normalized spacial score (nSPS) is 10.7. The number of carbonyl (C=O) groups is 1. The number of aromatic nitrogens is 2. The van der Waals surface area contributed by atoms with Crippen molar-refractivity contribution in [3.8, 4) is 0 Å². The van der Waals surface area contributed by atoms with E-state index in [1.807, 2.05) is 30.3 Å². The third kappa shape index (κ3) is 2.91. The summed E-state index contributed by atoms with van der Waals surface area (Å²) in [5.41, 5.74) is 0.230. The van der Waals surface area contributed by atoms with Crippen LogP contribution in [0, 0.1) is 0 Å². The first-order chi connectivity index (χ1) is 10.1. The van der Waals surface area contributed by atoms with Crippen LogP contribution in [-0.2, 0) is 0 Å². The molecular formula is C15H9BrN2O2S. The van der Waals surface area contributed by atoms with E-state index in [4.69, 9.17) is 5.11 Å². The maximum atomic E-state index is 11.2. The zero-order valence-electron chi connectivity index (χ0n) is 10.7. The second-order valence-electron chi connectivity index (χ2n) is 4.29. The summed E-state index contributed by atoms with van der Waals surface area (Å²) < 4.78 is 0.559. The van der Waals surface area contributed by atoms with Gasteiger partial charge in [0.1, 0.15) is 5.03 Å². The SMILES string of the molecule is O=C(O)c1cc(Sc2nncc3ccccc23)ccc1Br. The molecule has 104 valence electrons. The minimum absolute atomic E-state index is 0.230. The van der Waals surface area contributed by atoms with Crippen molar-refractivity contribution >= 4 is 44.4 Å². The van der Waals surface area contributed by atoms with Crippen molar-refractivity contribution < 1.29 is 9.90 Å². The van der Waals surface area contributed by atoms with Crippen LogP contribution in [-0.4, -0.2) is 21.3 Å². The van der Waals surface area contributed by atoms with E-state index in [0.717, 1.165) is 20.7 Å². The largest absolute Gasteiger partial charge is 0.478 e. The lowest BCUT2D eigenvalue weighted by atomic mass is 10.2. The van der Waals surface area contributed by atoms with Gasteiger partial charge in [-0.2, -0.15) is 5.10 Å². The molecule has 4 nitrogen and oxygen atoms in total. The van der Waals surface area contributed by atoms with E-state index in [1.165, 1.54) is 11.8 Å². The van der Waals surface area contributed by atoms with Gasteiger partial charge in [0.05, 0.1) is 11.8 Å². The lowest BCUT2D eigenvalue weighted by Gasteiger charge is -2.06. The molecule has 0 aliphatic carbocycles. The van der Waals surface area contributed by atoms with Crippen LogP contribution in [0.4, 0.5) is 0 Å². The average Bonchev–Trinajstić information content (AvgIpc) is 2.49. The molecule has 0 saturated carbocycles. The minimum atomic E-state index is -0.965. The molecule has 2 aromatic carbocycles. The van der Waals surface area contributed by atoms with Crippen molar-refractivity contribution in [2.45, 2.75) is 9.92 Å². The summed E-state index contributed by atoms with van der Waals surface area (Å²) in [6.45, 7) is 0. The van der Waals surface area contributed by atoms with Gasteiger partial charge in [-0.05, 0) is 34.1 Å². The Balaban J connectivity index is 2.03. The lowest BCUT2D eigenvalue weighted by molar-refractivity contribution is 0.0695. The van der Waals surface area contributed by atoms with Gasteiger partial charge in [0.2, 0.25) is 0 Å². The van der Waals surface area contributed by atoms with Gasteiger partial charge in [-0.1, -0.05) is 36.0 Å². The van der Waals surface area contributed by atoms with Crippen LogP contribution >= 0.6 is 27.7 Å². The fourth-order valence-corrected chi connectivity index (χ4v) is 3.26. The number of rotatable bonds is 3. The molecule has 0 spiro atoms. The highest BCUT2D eigenvalue weighted by molar-refractivity contribution is 9.10. The van der Waals surface area contributed by atoms with Crippen molar-refractivity contribution in [3.05, 3.63) is 58.7 Å². The van der Waals surface area contributed by atoms with Crippen LogP contribution in [0.3, 0.4) is 0 Å². The molecule has 21 heavy (non-hydrogen) atoms. The molecule has 1 N–H and O–H groups in total. The molecule has 3 rings (SSSR count). The maximum Gasteiger partial charge on any atom is 0.336 e. The van der Waals surface area contributed by atoms with Crippen molar-refractivity contribution in [1.82, 2.24) is 10.2 Å². The van der Waals surface area contributed by atoms with Crippen LogP contribution in [0.1, 0.15) is 10.4 Å². The summed E-state index contributed by atoms with van der Waals surface area (Å²) in [5.74, 6) is -0.965. The summed E-state index contributed by atoms with van der Waals surface area (Å²) in [4.78, 5) is 12.0. The van der Waals surface area contributed by atoms with Crippen LogP contribution in [0.25, 0.3) is 10.8 Å². The number of fused-ring (bicyclic) bond motifs is 1. The number of hydrogen-bond donors (Lipinski definition) is 1. The van der Waals surface area contributed by atoms with E-state index in [-0.39, 0.29) is 5.56 Å². The molecule has 0 unspecified atom stereocenters. The number of carboxylic acids is 1. The summed E-state index contributed by atoms with van der Waals surface area (Å²) in [5, 5.41) is 20.1. The first-order valence-corrected chi connectivity index (χ1v) is 7.67. The molecule has 0 atom stereocenters. The number of hydrogen-bond acceptors (Lipinski definition) is 4. The Bertz CT molecular complexity index is 834. The Morgan fingerprint density at radius 2 is 2.00 bits per heavy atom. The standard InChI is InChI=1S/C15H9BrN2O2S/c16-13-6-5-10(7-12(13)15(19)20)21-14-11-4-2-1-3-9(11)8-17-18-14/h1-8H,(H,19,20). The fraction of sp³-hybridized carbons (Fsp3) is 0. The summed E-state index contributed by atoms with van der Waals surface area (Å²) in [6, 6.07) is 13.0. The molecule has 0 bridgehead atoms. The third-order valence-electron chi connectivity index (χ3n) is 2.92. The van der Waals surface area contributed by atoms with Gasteiger partial charge in [-0.25, -0.2) is 4.79 Å². The third-order valence-corrected chi connectivity index (χ3v) is 4.60. The van der Waals surface area contributed by atoms with Crippen molar-refractivity contribution in [2.24, 2.45) is 0 Å². The Morgan fingerprint density at radius 1 is 1.19 bits per heavy atom. The van der Waals surface area contributed by atoms with Crippen molar-refractivity contribution in [1.29, 1.82) is 0 Å². The predicted octanol–water partition coefficient (Wildman–Crippen LogP) is 4.24. The zero-order chi connectivity index (χ0) is 14.8. The van der Waals surface area contributed by atoms with E-state index in [2.05, 4.69) is 26.1 Å². The van der Waals surface area contributed by atoms with E-state index >= 15 is 0 Å². The molecule has 1 heterocycles. The van der Waals surface area contributed by atoms with E-state index in [9.17, 15) is 4.79 Å². The first kappa shape index (κ1) is 14.0. The van der Waals surface area contributed by atoms with E-state index < -0.39 is 5.97 Å². The summed E-state index contributed by atoms with van der Waals surface area (Å²) in [7, 11) is 0. The maximum absolute atomic E-state index is 11.2. The molecule has 3 aromatic rings. The fourth-order valence-electron chi connectivity index (χ4n) is 1.92. The molecule has 0 aliphatic heterocycles. The Labute approximate surface area is 133 Å². The van der Waals surface area contributed by atoms with Crippen molar-refractivity contribution in [2.75, 3.05) is 0 Å². The van der Waals surface area contributed by atoms with E-state index in [0.29, 0.717) is 4.47 Å². The molecule has 0 saturated heterocycles. The van der Waals surface area contributed by atoms with Crippen LogP contribution in [0.5, 0.6) is 0 Å². The van der Waals surface area contributed by atoms with Gasteiger partial charge in [0.25, 0.3) is 0 Å². The van der Waals surface area contributed by atoms with Gasteiger partial charge < -0.3 is 5.11 Å². The predicted molar refractivity (Wildman–Crippen MR) is 84.8 cm³/mol. The monoisotopic (exact) mass is 360 g/mol. The summed E-state index contributed by atoms with van der Waals surface area (Å²) in [6.07, 6.45) is 1.71. The minimum Gasteiger partial charge on any atom is -0.478 e. The van der Waals surface area contributed by atoms with Crippen LogP contribution in [0.2, 0.25) is 0 Å². The summed E-state index contributed by atoms with van der Waals surface area (Å²) >= 11 is 4.64. The van der Waals surface area contributed by atoms with Crippen molar-refractivity contribution in [3.63, 3.8) is 0 Å². The molecule has 0 radical (unpaired) electrons. The quantitative estimate of drug-likeness (QED) is 0.756. The smallest absolute Gasteiger partial charge is 0.336 e. The highest BCUT2D eigenvalue weighted by atomic mass is 79.9. The average molecular weight is 361 g/mol. The highest BCUT2D eigenvalue weighted by Gasteiger charge is 2.11. The second-order valence-corrected chi connectivity index (χ2v) is 6.20. The molecule has 1 aromatic heterocycles. The molecule has 0 amide bonds. The topological polar surface area (TPSA) is 63.1 Å². The van der Waals surface area contributed by atoms with Crippen LogP contribution < -0.4 is 0 Å².